The number of aromatic nitrogens is 1. The van der Waals surface area contributed by atoms with Crippen LogP contribution in [0.15, 0.2) is 72.8 Å². The maximum absolute atomic E-state index is 13.4. The number of nitrogens with zero attached hydrogens (tertiary/aromatic N) is 1. The average Bonchev–Trinajstić information content (AvgIpc) is 3.69. The van der Waals surface area contributed by atoms with E-state index in [9.17, 15) is 4.79 Å². The van der Waals surface area contributed by atoms with Crippen LogP contribution in [-0.2, 0) is 11.3 Å². The number of carbonyl (C=O) groups is 1. The van der Waals surface area contributed by atoms with Crippen LogP contribution in [0.25, 0.3) is 22.0 Å². The van der Waals surface area contributed by atoms with E-state index in [1.807, 2.05) is 67.6 Å². The van der Waals surface area contributed by atoms with Crippen LogP contribution in [0.1, 0.15) is 49.2 Å². The zero-order valence-corrected chi connectivity index (χ0v) is 21.0. The van der Waals surface area contributed by atoms with Crippen LogP contribution in [0.5, 0.6) is 11.5 Å². The largest absolute Gasteiger partial charge is 0.494 e. The predicted molar refractivity (Wildman–Crippen MR) is 143 cm³/mol. The van der Waals surface area contributed by atoms with Gasteiger partial charge in [0.25, 0.3) is 0 Å². The van der Waals surface area contributed by atoms with Crippen molar-refractivity contribution in [1.29, 1.82) is 0 Å². The van der Waals surface area contributed by atoms with Crippen LogP contribution >= 0.6 is 0 Å². The molecule has 1 fully saturated rings. The fourth-order valence-corrected chi connectivity index (χ4v) is 4.49. The Kier molecular flexibility index (Phi) is 7.26. The molecule has 1 aromatic heterocycles. The molecule has 0 saturated heterocycles. The summed E-state index contributed by atoms with van der Waals surface area (Å²) in [7, 11) is 0. The van der Waals surface area contributed by atoms with Gasteiger partial charge in [-0.1, -0.05) is 49.4 Å². The van der Waals surface area contributed by atoms with E-state index < -0.39 is 0 Å². The lowest BCUT2D eigenvalue weighted by Gasteiger charge is -2.12. The van der Waals surface area contributed by atoms with Gasteiger partial charge >= 0.3 is 5.97 Å². The molecule has 1 aliphatic carbocycles. The van der Waals surface area contributed by atoms with Crippen molar-refractivity contribution in [3.63, 3.8) is 0 Å². The lowest BCUT2D eigenvalue weighted by atomic mass is 10.0. The predicted octanol–water partition coefficient (Wildman–Crippen LogP) is 7.11. The maximum atomic E-state index is 13.4. The van der Waals surface area contributed by atoms with Crippen molar-refractivity contribution in [2.24, 2.45) is 5.92 Å². The minimum Gasteiger partial charge on any atom is -0.494 e. The molecule has 5 nitrogen and oxygen atoms in total. The first-order valence-electron chi connectivity index (χ1n) is 12.9. The third-order valence-corrected chi connectivity index (χ3v) is 6.49. The zero-order valence-electron chi connectivity index (χ0n) is 21.0. The van der Waals surface area contributed by atoms with Crippen molar-refractivity contribution in [2.45, 2.75) is 39.7 Å². The van der Waals surface area contributed by atoms with E-state index in [-0.39, 0.29) is 5.97 Å². The van der Waals surface area contributed by atoms with Crippen LogP contribution in [0.4, 0.5) is 0 Å². The molecule has 5 heteroatoms. The normalized spacial score (nSPS) is 13.1. The Hall–Kier alpha value is -3.73. The smallest absolute Gasteiger partial charge is 0.355 e. The number of benzene rings is 3. The molecule has 36 heavy (non-hydrogen) atoms. The SMILES string of the molecule is CCCOc1ccc2c(c1)c(-c1ccc(OCC3CC3)cc1)c(C(=O)OCC)n2Cc1ccccc1. The maximum Gasteiger partial charge on any atom is 0.355 e. The second kappa shape index (κ2) is 10.9. The second-order valence-electron chi connectivity index (χ2n) is 9.32. The number of carbonyl (C=O) groups excluding carboxylic acids is 1. The van der Waals surface area contributed by atoms with E-state index in [1.54, 1.807) is 0 Å². The highest BCUT2D eigenvalue weighted by Gasteiger charge is 2.26. The number of ether oxygens (including phenoxy) is 3. The summed E-state index contributed by atoms with van der Waals surface area (Å²) in [4.78, 5) is 13.4. The van der Waals surface area contributed by atoms with Gasteiger partial charge in [-0.25, -0.2) is 4.79 Å². The van der Waals surface area contributed by atoms with E-state index in [1.165, 1.54) is 12.8 Å². The molecule has 0 N–H and O–H groups in total. The third kappa shape index (κ3) is 5.25. The molecule has 5 rings (SSSR count). The van der Waals surface area contributed by atoms with Gasteiger partial charge in [0.1, 0.15) is 17.2 Å². The van der Waals surface area contributed by atoms with Gasteiger partial charge in [-0.2, -0.15) is 0 Å². The van der Waals surface area contributed by atoms with Gasteiger partial charge in [0.05, 0.1) is 19.8 Å². The second-order valence-corrected chi connectivity index (χ2v) is 9.32. The molecule has 0 radical (unpaired) electrons. The van der Waals surface area contributed by atoms with Crippen molar-refractivity contribution in [1.82, 2.24) is 4.57 Å². The van der Waals surface area contributed by atoms with E-state index in [2.05, 4.69) is 23.6 Å². The van der Waals surface area contributed by atoms with Gasteiger partial charge in [-0.15, -0.1) is 0 Å². The summed E-state index contributed by atoms with van der Waals surface area (Å²) in [5.41, 5.74) is 4.43. The molecular weight excluding hydrogens is 450 g/mol. The van der Waals surface area contributed by atoms with Crippen LogP contribution < -0.4 is 9.47 Å². The lowest BCUT2D eigenvalue weighted by Crippen LogP contribution is -2.14. The summed E-state index contributed by atoms with van der Waals surface area (Å²) in [6.45, 7) is 6.20. The summed E-state index contributed by atoms with van der Waals surface area (Å²) in [5, 5.41) is 0.967. The summed E-state index contributed by atoms with van der Waals surface area (Å²) >= 11 is 0. The number of rotatable bonds is 11. The highest BCUT2D eigenvalue weighted by Crippen LogP contribution is 2.39. The van der Waals surface area contributed by atoms with E-state index in [4.69, 9.17) is 14.2 Å². The van der Waals surface area contributed by atoms with Gasteiger partial charge in [0.2, 0.25) is 0 Å². The van der Waals surface area contributed by atoms with E-state index in [0.717, 1.165) is 52.1 Å². The molecule has 1 aliphatic rings. The topological polar surface area (TPSA) is 49.7 Å². The van der Waals surface area contributed by atoms with Gasteiger partial charge < -0.3 is 18.8 Å². The van der Waals surface area contributed by atoms with Gasteiger partial charge in [-0.05, 0) is 73.6 Å². The quantitative estimate of drug-likeness (QED) is 0.213. The fourth-order valence-electron chi connectivity index (χ4n) is 4.49. The van der Waals surface area contributed by atoms with Crippen LogP contribution in [0, 0.1) is 5.92 Å². The minimum atomic E-state index is -0.329. The average molecular weight is 484 g/mol. The molecule has 3 aromatic carbocycles. The Labute approximate surface area is 212 Å². The molecule has 186 valence electrons. The molecule has 4 aromatic rings. The summed E-state index contributed by atoms with van der Waals surface area (Å²) in [6, 6.07) is 24.3. The molecule has 0 atom stereocenters. The van der Waals surface area contributed by atoms with Crippen molar-refractivity contribution < 1.29 is 19.0 Å². The molecule has 0 spiro atoms. The molecular formula is C31H33NO4. The van der Waals surface area contributed by atoms with Crippen molar-refractivity contribution in [3.8, 4) is 22.6 Å². The molecule has 0 amide bonds. The standard InChI is InChI=1S/C31H33NO4/c1-3-18-35-26-16-17-28-27(19-26)29(24-12-14-25(15-13-24)36-21-23-10-11-23)30(31(33)34-4-2)32(28)20-22-8-6-5-7-9-22/h5-9,12-17,19,23H,3-4,10-11,18,20-21H2,1-2H3. The first kappa shape index (κ1) is 24.0. The van der Waals surface area contributed by atoms with E-state index >= 15 is 0 Å². The first-order valence-corrected chi connectivity index (χ1v) is 12.9. The van der Waals surface area contributed by atoms with Gasteiger partial charge in [0, 0.05) is 23.0 Å². The Morgan fingerprint density at radius 1 is 0.917 bits per heavy atom. The van der Waals surface area contributed by atoms with Crippen molar-refractivity contribution in [2.75, 3.05) is 19.8 Å². The van der Waals surface area contributed by atoms with E-state index in [0.29, 0.717) is 31.4 Å². The first-order chi connectivity index (χ1) is 17.7. The fraction of sp³-hybridized carbons (Fsp3) is 0.323. The zero-order chi connectivity index (χ0) is 24.9. The monoisotopic (exact) mass is 483 g/mol. The van der Waals surface area contributed by atoms with Crippen molar-refractivity contribution in [3.05, 3.63) is 84.1 Å². The number of hydrogen-bond donors (Lipinski definition) is 0. The summed E-state index contributed by atoms with van der Waals surface area (Å²) < 4.78 is 19.6. The Bertz CT molecular complexity index is 1320. The highest BCUT2D eigenvalue weighted by molar-refractivity contribution is 6.09. The van der Waals surface area contributed by atoms with Gasteiger partial charge in [-0.3, -0.25) is 0 Å². The number of hydrogen-bond acceptors (Lipinski definition) is 4. The Morgan fingerprint density at radius 3 is 2.36 bits per heavy atom. The van der Waals surface area contributed by atoms with Crippen molar-refractivity contribution >= 4 is 16.9 Å². The molecule has 0 bridgehead atoms. The Balaban J connectivity index is 1.65. The van der Waals surface area contributed by atoms with Crippen LogP contribution in [0.2, 0.25) is 0 Å². The summed E-state index contributed by atoms with van der Waals surface area (Å²) in [5.74, 6) is 2.01. The minimum absolute atomic E-state index is 0.309. The number of esters is 1. The van der Waals surface area contributed by atoms with Crippen LogP contribution in [-0.4, -0.2) is 30.4 Å². The summed E-state index contributed by atoms with van der Waals surface area (Å²) in [6.07, 6.45) is 3.44. The molecule has 0 unspecified atom stereocenters. The number of fused-ring (bicyclic) bond motifs is 1. The molecule has 1 saturated carbocycles. The third-order valence-electron chi connectivity index (χ3n) is 6.49. The lowest BCUT2D eigenvalue weighted by molar-refractivity contribution is 0.0516. The molecule has 1 heterocycles. The highest BCUT2D eigenvalue weighted by atomic mass is 16.5. The molecule has 0 aliphatic heterocycles. The Morgan fingerprint density at radius 2 is 1.67 bits per heavy atom. The van der Waals surface area contributed by atoms with Gasteiger partial charge in [0.15, 0.2) is 0 Å². The van der Waals surface area contributed by atoms with Crippen LogP contribution in [0.3, 0.4) is 0 Å².